The quantitative estimate of drug-likeness (QED) is 0.653. The smallest absolute Gasteiger partial charge is 0.163 e. The second-order valence-electron chi connectivity index (χ2n) is 8.43. The zero-order valence-electron chi connectivity index (χ0n) is 19.6. The minimum atomic E-state index is -0.0116. The predicted octanol–water partition coefficient (Wildman–Crippen LogP) is 4.18. The average Bonchev–Trinajstić information content (AvgIpc) is 2.77. The lowest BCUT2D eigenvalue weighted by molar-refractivity contribution is 0.0640. The normalized spacial score (nSPS) is 16.5. The van der Waals surface area contributed by atoms with E-state index in [0.29, 0.717) is 75.9 Å². The summed E-state index contributed by atoms with van der Waals surface area (Å²) in [7, 11) is 2.07. The van der Waals surface area contributed by atoms with Crippen molar-refractivity contribution in [1.82, 2.24) is 0 Å². The molecule has 32 heavy (non-hydrogen) atoms. The summed E-state index contributed by atoms with van der Waals surface area (Å²) >= 11 is 0. The molecule has 2 aromatic rings. The number of rotatable bonds is 1. The number of nitrogens with zero attached hydrogens (tertiary/aromatic N) is 1. The highest BCUT2D eigenvalue weighted by atomic mass is 16.6. The fourth-order valence-corrected chi connectivity index (χ4v) is 3.06. The summed E-state index contributed by atoms with van der Waals surface area (Å²) in [6.07, 6.45) is 0. The first-order valence-electron chi connectivity index (χ1n) is 11.1. The minimum Gasteiger partial charge on any atom is -0.487 e. The van der Waals surface area contributed by atoms with Crippen LogP contribution in [0.25, 0.3) is 0 Å². The summed E-state index contributed by atoms with van der Waals surface area (Å²) in [5, 5.41) is 0. The van der Waals surface area contributed by atoms with E-state index in [1.165, 1.54) is 0 Å². The maximum absolute atomic E-state index is 6.01. The molecule has 0 radical (unpaired) electrons. The lowest BCUT2D eigenvalue weighted by Gasteiger charge is -2.34. The molecule has 7 heteroatoms. The van der Waals surface area contributed by atoms with Gasteiger partial charge in [-0.1, -0.05) is 12.1 Å². The van der Waals surface area contributed by atoms with Gasteiger partial charge in [-0.05, 0) is 45.0 Å². The Morgan fingerprint density at radius 3 is 1.50 bits per heavy atom. The molecule has 0 saturated heterocycles. The first kappa shape index (κ1) is 24.0. The van der Waals surface area contributed by atoms with Gasteiger partial charge < -0.3 is 33.3 Å². The number of hydrogen-bond donors (Lipinski definition) is 0. The zero-order valence-corrected chi connectivity index (χ0v) is 19.6. The Hall–Kier alpha value is -2.64. The third-order valence-electron chi connectivity index (χ3n) is 5.11. The average molecular weight is 446 g/mol. The Morgan fingerprint density at radius 2 is 1.03 bits per heavy atom. The van der Waals surface area contributed by atoms with Gasteiger partial charge in [0.15, 0.2) is 23.0 Å². The van der Waals surface area contributed by atoms with E-state index in [2.05, 4.69) is 32.7 Å². The summed E-state index contributed by atoms with van der Waals surface area (Å²) in [5.74, 6) is 2.77. The first-order chi connectivity index (χ1) is 15.4. The van der Waals surface area contributed by atoms with Gasteiger partial charge in [-0.15, -0.1) is 0 Å². The molecule has 1 aliphatic rings. The molecule has 0 bridgehead atoms. The van der Waals surface area contributed by atoms with Crippen molar-refractivity contribution in [3.63, 3.8) is 0 Å². The monoisotopic (exact) mass is 445 g/mol. The number of fused-ring (bicyclic) bond motifs is 2. The van der Waals surface area contributed by atoms with Crippen molar-refractivity contribution in [2.75, 3.05) is 64.8 Å². The molecule has 3 rings (SSSR count). The van der Waals surface area contributed by atoms with Crippen LogP contribution in [0.5, 0.6) is 23.0 Å². The van der Waals surface area contributed by atoms with E-state index in [-0.39, 0.29) is 5.54 Å². The van der Waals surface area contributed by atoms with Crippen LogP contribution in [0.2, 0.25) is 0 Å². The Balaban J connectivity index is 1.64. The second kappa shape index (κ2) is 11.8. The van der Waals surface area contributed by atoms with Crippen LogP contribution >= 0.6 is 0 Å². The molecule has 0 fully saturated rings. The van der Waals surface area contributed by atoms with Crippen molar-refractivity contribution < 1.29 is 28.4 Å². The molecule has 0 amide bonds. The number of hydrogen-bond acceptors (Lipinski definition) is 7. The second-order valence-corrected chi connectivity index (χ2v) is 8.43. The van der Waals surface area contributed by atoms with Gasteiger partial charge in [0.2, 0.25) is 0 Å². The highest BCUT2D eigenvalue weighted by molar-refractivity contribution is 5.57. The maximum Gasteiger partial charge on any atom is 0.163 e. The molecule has 0 unspecified atom stereocenters. The minimum absolute atomic E-state index is 0.0116. The highest BCUT2D eigenvalue weighted by Crippen LogP contribution is 2.34. The van der Waals surface area contributed by atoms with Crippen LogP contribution in [0.1, 0.15) is 20.8 Å². The Bertz CT molecular complexity index is 835. The van der Waals surface area contributed by atoms with Crippen LogP contribution in [0.3, 0.4) is 0 Å². The van der Waals surface area contributed by atoms with Crippen LogP contribution in [-0.2, 0) is 9.47 Å². The van der Waals surface area contributed by atoms with Crippen LogP contribution < -0.4 is 23.8 Å². The number of para-hydroxylation sites is 2. The van der Waals surface area contributed by atoms with E-state index in [1.807, 2.05) is 42.5 Å². The molecule has 0 N–H and O–H groups in total. The molecule has 0 atom stereocenters. The van der Waals surface area contributed by atoms with Gasteiger partial charge in [0.05, 0.1) is 26.4 Å². The topological polar surface area (TPSA) is 58.6 Å². The third-order valence-corrected chi connectivity index (χ3v) is 5.11. The summed E-state index contributed by atoms with van der Waals surface area (Å²) in [5.41, 5.74) is 1.05. The predicted molar refractivity (Wildman–Crippen MR) is 125 cm³/mol. The Kier molecular flexibility index (Phi) is 8.88. The summed E-state index contributed by atoms with van der Waals surface area (Å²) in [6.45, 7) is 10.0. The summed E-state index contributed by atoms with van der Waals surface area (Å²) < 4.78 is 34.9. The molecular formula is C25H35NO6. The fraction of sp³-hybridized carbons (Fsp3) is 0.520. The SMILES string of the molecule is CN(c1ccc2c(c1)OCCOCCOc1ccccc1OCCOCCO2)C(C)(C)C. The molecule has 0 spiro atoms. The lowest BCUT2D eigenvalue weighted by atomic mass is 10.1. The largest absolute Gasteiger partial charge is 0.487 e. The van der Waals surface area contributed by atoms with Gasteiger partial charge in [-0.3, -0.25) is 0 Å². The third kappa shape index (κ3) is 7.21. The van der Waals surface area contributed by atoms with Crippen LogP contribution in [0.4, 0.5) is 5.69 Å². The molecule has 0 aromatic heterocycles. The molecule has 176 valence electrons. The van der Waals surface area contributed by atoms with Crippen molar-refractivity contribution in [2.45, 2.75) is 26.3 Å². The van der Waals surface area contributed by atoms with Gasteiger partial charge in [0, 0.05) is 24.3 Å². The molecule has 0 saturated carbocycles. The van der Waals surface area contributed by atoms with E-state index in [1.54, 1.807) is 0 Å². The van der Waals surface area contributed by atoms with E-state index in [0.717, 1.165) is 5.69 Å². The molecule has 2 aromatic carbocycles. The van der Waals surface area contributed by atoms with Crippen LogP contribution in [0, 0.1) is 0 Å². The number of ether oxygens (including phenoxy) is 6. The van der Waals surface area contributed by atoms with Crippen molar-refractivity contribution >= 4 is 5.69 Å². The van der Waals surface area contributed by atoms with Gasteiger partial charge >= 0.3 is 0 Å². The van der Waals surface area contributed by atoms with E-state index in [9.17, 15) is 0 Å². The van der Waals surface area contributed by atoms with Crippen molar-refractivity contribution in [2.24, 2.45) is 0 Å². The van der Waals surface area contributed by atoms with E-state index >= 15 is 0 Å². The highest BCUT2D eigenvalue weighted by Gasteiger charge is 2.19. The lowest BCUT2D eigenvalue weighted by Crippen LogP contribution is -2.38. The summed E-state index contributed by atoms with van der Waals surface area (Å²) in [6, 6.07) is 13.6. The Labute approximate surface area is 191 Å². The summed E-state index contributed by atoms with van der Waals surface area (Å²) in [4.78, 5) is 2.21. The Morgan fingerprint density at radius 1 is 0.594 bits per heavy atom. The van der Waals surface area contributed by atoms with Gasteiger partial charge in [0.1, 0.15) is 26.4 Å². The van der Waals surface area contributed by atoms with E-state index < -0.39 is 0 Å². The maximum atomic E-state index is 6.01. The van der Waals surface area contributed by atoms with Crippen LogP contribution in [-0.4, -0.2) is 65.4 Å². The van der Waals surface area contributed by atoms with E-state index in [4.69, 9.17) is 28.4 Å². The van der Waals surface area contributed by atoms with Gasteiger partial charge in [-0.25, -0.2) is 0 Å². The first-order valence-corrected chi connectivity index (χ1v) is 11.1. The van der Waals surface area contributed by atoms with Crippen molar-refractivity contribution in [1.29, 1.82) is 0 Å². The zero-order chi connectivity index (χ0) is 22.8. The molecule has 1 heterocycles. The number of anilines is 1. The van der Waals surface area contributed by atoms with Gasteiger partial charge in [0.25, 0.3) is 0 Å². The number of benzene rings is 2. The van der Waals surface area contributed by atoms with Crippen molar-refractivity contribution in [3.8, 4) is 23.0 Å². The fourth-order valence-electron chi connectivity index (χ4n) is 3.06. The molecular weight excluding hydrogens is 410 g/mol. The van der Waals surface area contributed by atoms with Gasteiger partial charge in [-0.2, -0.15) is 0 Å². The standard InChI is InChI=1S/C25H35NO6/c1-25(2,3)26(4)20-9-10-23-24(19-20)32-18-14-28-12-16-30-22-8-6-5-7-21(22)29-15-11-27-13-17-31-23/h5-10,19H,11-18H2,1-4H3. The molecule has 0 aliphatic carbocycles. The van der Waals surface area contributed by atoms with Crippen LogP contribution in [0.15, 0.2) is 42.5 Å². The molecule has 1 aliphatic heterocycles. The van der Waals surface area contributed by atoms with Crippen molar-refractivity contribution in [3.05, 3.63) is 42.5 Å². The molecule has 7 nitrogen and oxygen atoms in total.